The van der Waals surface area contributed by atoms with Crippen molar-refractivity contribution in [2.75, 3.05) is 13.6 Å². The fourth-order valence-electron chi connectivity index (χ4n) is 3.55. The first kappa shape index (κ1) is 18.5. The average Bonchev–Trinajstić information content (AvgIpc) is 2.43. The summed E-state index contributed by atoms with van der Waals surface area (Å²) >= 11 is 0. The third kappa shape index (κ3) is 4.98. The van der Waals surface area contributed by atoms with Crippen LogP contribution in [0.3, 0.4) is 0 Å². The van der Waals surface area contributed by atoms with Crippen LogP contribution in [0.4, 0.5) is 0 Å². The molecular weight excluding hydrogens is 262 g/mol. The lowest BCUT2D eigenvalue weighted by Gasteiger charge is -2.45. The summed E-state index contributed by atoms with van der Waals surface area (Å²) in [6, 6.07) is 0.200. The predicted octanol–water partition coefficient (Wildman–Crippen LogP) is 4.27. The highest BCUT2D eigenvalue weighted by Crippen LogP contribution is 2.43. The van der Waals surface area contributed by atoms with Gasteiger partial charge >= 0.3 is 5.97 Å². The van der Waals surface area contributed by atoms with Crippen molar-refractivity contribution >= 4 is 5.97 Å². The third-order valence-electron chi connectivity index (χ3n) is 5.78. The molecule has 0 radical (unpaired) electrons. The first-order valence-electron chi connectivity index (χ1n) is 8.62. The Morgan fingerprint density at radius 1 is 1.33 bits per heavy atom. The van der Waals surface area contributed by atoms with E-state index < -0.39 is 5.97 Å². The second-order valence-electron chi connectivity index (χ2n) is 8.03. The quantitative estimate of drug-likeness (QED) is 0.763. The topological polar surface area (TPSA) is 40.5 Å². The van der Waals surface area contributed by atoms with Crippen molar-refractivity contribution in [2.24, 2.45) is 23.2 Å². The van der Waals surface area contributed by atoms with E-state index in [1.165, 1.54) is 0 Å². The molecule has 1 N–H and O–H groups in total. The zero-order valence-electron chi connectivity index (χ0n) is 14.9. The molecule has 21 heavy (non-hydrogen) atoms. The van der Waals surface area contributed by atoms with E-state index in [1.807, 2.05) is 0 Å². The first-order chi connectivity index (χ1) is 9.69. The largest absolute Gasteiger partial charge is 0.481 e. The number of aliphatic carboxylic acids is 1. The van der Waals surface area contributed by atoms with Gasteiger partial charge in [0.2, 0.25) is 0 Å². The summed E-state index contributed by atoms with van der Waals surface area (Å²) in [6.07, 6.45) is 5.23. The zero-order chi connectivity index (χ0) is 16.2. The molecule has 0 spiro atoms. The van der Waals surface area contributed by atoms with Gasteiger partial charge in [0.1, 0.15) is 0 Å². The Labute approximate surface area is 131 Å². The summed E-state index contributed by atoms with van der Waals surface area (Å²) in [5.41, 5.74) is 0.320. The standard InChI is InChI=1S/C18H35NO2/c1-7-18(4,5)14-8-9-15(17(20)21)16(12-14)19(6)11-10-13(2)3/h13-16H,7-12H2,1-6H3,(H,20,21). The van der Waals surface area contributed by atoms with Gasteiger partial charge in [-0.25, -0.2) is 0 Å². The lowest BCUT2D eigenvalue weighted by Crippen LogP contribution is -2.48. The summed E-state index contributed by atoms with van der Waals surface area (Å²) in [4.78, 5) is 13.9. The Bertz CT molecular complexity index is 338. The Morgan fingerprint density at radius 2 is 1.95 bits per heavy atom. The highest BCUT2D eigenvalue weighted by atomic mass is 16.4. The Morgan fingerprint density at radius 3 is 2.43 bits per heavy atom. The highest BCUT2D eigenvalue weighted by Gasteiger charge is 2.41. The summed E-state index contributed by atoms with van der Waals surface area (Å²) in [6.45, 7) is 12.4. The molecule has 0 heterocycles. The number of rotatable bonds is 7. The smallest absolute Gasteiger partial charge is 0.308 e. The normalized spacial score (nSPS) is 27.3. The molecule has 3 nitrogen and oxygen atoms in total. The fraction of sp³-hybridized carbons (Fsp3) is 0.944. The van der Waals surface area contributed by atoms with Crippen LogP contribution in [0.1, 0.15) is 66.7 Å². The number of carboxylic acid groups (broad SMARTS) is 1. The van der Waals surface area contributed by atoms with Gasteiger partial charge in [-0.2, -0.15) is 0 Å². The van der Waals surface area contributed by atoms with Crippen LogP contribution in [0, 0.1) is 23.2 Å². The zero-order valence-corrected chi connectivity index (χ0v) is 14.9. The minimum absolute atomic E-state index is 0.189. The van der Waals surface area contributed by atoms with E-state index in [4.69, 9.17) is 0 Å². The molecule has 3 atom stereocenters. The molecule has 1 fully saturated rings. The predicted molar refractivity (Wildman–Crippen MR) is 88.4 cm³/mol. The van der Waals surface area contributed by atoms with Gasteiger partial charge in [-0.1, -0.05) is 41.0 Å². The van der Waals surface area contributed by atoms with Gasteiger partial charge in [0.15, 0.2) is 0 Å². The van der Waals surface area contributed by atoms with E-state index in [0.29, 0.717) is 17.3 Å². The molecule has 124 valence electrons. The van der Waals surface area contributed by atoms with Crippen molar-refractivity contribution < 1.29 is 9.90 Å². The molecule has 0 aromatic rings. The molecule has 1 aliphatic rings. The van der Waals surface area contributed by atoms with E-state index >= 15 is 0 Å². The lowest BCUT2D eigenvalue weighted by molar-refractivity contribution is -0.146. The van der Waals surface area contributed by atoms with Crippen molar-refractivity contribution in [3.05, 3.63) is 0 Å². The van der Waals surface area contributed by atoms with Crippen molar-refractivity contribution in [1.29, 1.82) is 0 Å². The SMILES string of the molecule is CCC(C)(C)C1CCC(C(=O)O)C(N(C)CCC(C)C)C1. The summed E-state index contributed by atoms with van der Waals surface area (Å²) in [7, 11) is 2.12. The second kappa shape index (κ2) is 7.62. The van der Waals surface area contributed by atoms with E-state index in [-0.39, 0.29) is 12.0 Å². The van der Waals surface area contributed by atoms with Gasteiger partial charge in [0, 0.05) is 6.04 Å². The van der Waals surface area contributed by atoms with E-state index in [2.05, 4.69) is 46.6 Å². The van der Waals surface area contributed by atoms with Crippen molar-refractivity contribution in [2.45, 2.75) is 72.8 Å². The summed E-state index contributed by atoms with van der Waals surface area (Å²) < 4.78 is 0. The first-order valence-corrected chi connectivity index (χ1v) is 8.62. The van der Waals surface area contributed by atoms with Crippen molar-refractivity contribution in [3.63, 3.8) is 0 Å². The molecule has 1 saturated carbocycles. The van der Waals surface area contributed by atoms with Crippen molar-refractivity contribution in [3.8, 4) is 0 Å². The Hall–Kier alpha value is -0.570. The Kier molecular flexibility index (Phi) is 6.71. The minimum atomic E-state index is -0.607. The van der Waals surface area contributed by atoms with Crippen LogP contribution in [0.5, 0.6) is 0 Å². The second-order valence-corrected chi connectivity index (χ2v) is 8.03. The number of hydrogen-bond donors (Lipinski definition) is 1. The number of hydrogen-bond acceptors (Lipinski definition) is 2. The molecule has 0 aliphatic heterocycles. The molecule has 0 saturated heterocycles. The molecular formula is C18H35NO2. The maximum Gasteiger partial charge on any atom is 0.308 e. The third-order valence-corrected chi connectivity index (χ3v) is 5.78. The van der Waals surface area contributed by atoms with Crippen LogP contribution in [-0.4, -0.2) is 35.6 Å². The van der Waals surface area contributed by atoms with Gasteiger partial charge in [-0.05, 0) is 56.5 Å². The van der Waals surface area contributed by atoms with Gasteiger partial charge in [-0.15, -0.1) is 0 Å². The van der Waals surface area contributed by atoms with Crippen LogP contribution < -0.4 is 0 Å². The maximum absolute atomic E-state index is 11.6. The molecule has 3 unspecified atom stereocenters. The lowest BCUT2D eigenvalue weighted by atomic mass is 9.65. The van der Waals surface area contributed by atoms with E-state index in [0.717, 1.165) is 38.6 Å². The molecule has 3 heteroatoms. The summed E-state index contributed by atoms with van der Waals surface area (Å²) in [5.74, 6) is 0.516. The fourth-order valence-corrected chi connectivity index (χ4v) is 3.55. The Balaban J connectivity index is 2.79. The van der Waals surface area contributed by atoms with Gasteiger partial charge in [0.05, 0.1) is 5.92 Å². The van der Waals surface area contributed by atoms with Crippen LogP contribution in [0.25, 0.3) is 0 Å². The van der Waals surface area contributed by atoms with Crippen LogP contribution in [0.15, 0.2) is 0 Å². The van der Waals surface area contributed by atoms with Gasteiger partial charge in [-0.3, -0.25) is 4.79 Å². The van der Waals surface area contributed by atoms with Crippen molar-refractivity contribution in [1.82, 2.24) is 4.90 Å². The molecule has 1 rings (SSSR count). The average molecular weight is 297 g/mol. The molecule has 0 aromatic carbocycles. The van der Waals surface area contributed by atoms with E-state index in [9.17, 15) is 9.90 Å². The van der Waals surface area contributed by atoms with Crippen LogP contribution in [-0.2, 0) is 4.79 Å². The van der Waals surface area contributed by atoms with Crippen LogP contribution >= 0.6 is 0 Å². The van der Waals surface area contributed by atoms with Gasteiger partial charge < -0.3 is 10.0 Å². The van der Waals surface area contributed by atoms with Crippen LogP contribution in [0.2, 0.25) is 0 Å². The highest BCUT2D eigenvalue weighted by molar-refractivity contribution is 5.71. The molecule has 0 bridgehead atoms. The minimum Gasteiger partial charge on any atom is -0.481 e. The summed E-state index contributed by atoms with van der Waals surface area (Å²) in [5, 5.41) is 9.55. The van der Waals surface area contributed by atoms with Gasteiger partial charge in [0.25, 0.3) is 0 Å². The molecule has 1 aliphatic carbocycles. The molecule has 0 amide bonds. The number of nitrogens with zero attached hydrogens (tertiary/aromatic N) is 1. The van der Waals surface area contributed by atoms with E-state index in [1.54, 1.807) is 0 Å². The monoisotopic (exact) mass is 297 g/mol. The maximum atomic E-state index is 11.6. The number of carbonyl (C=O) groups is 1. The molecule has 0 aromatic heterocycles. The number of carboxylic acids is 1.